The third kappa shape index (κ3) is 10.1. The smallest absolute Gasteiger partial charge is 0.325 e. The molecule has 2 saturated carbocycles. The summed E-state index contributed by atoms with van der Waals surface area (Å²) in [6.07, 6.45) is 6.02. The van der Waals surface area contributed by atoms with Crippen molar-refractivity contribution in [1.29, 1.82) is 0 Å². The minimum atomic E-state index is -1.02. The first-order valence-corrected chi connectivity index (χ1v) is 21.7. The molecule has 2 aliphatic heterocycles. The van der Waals surface area contributed by atoms with Gasteiger partial charge in [0.25, 0.3) is 11.8 Å². The van der Waals surface area contributed by atoms with Gasteiger partial charge in [0, 0.05) is 22.9 Å². The molecule has 4 bridgehead atoms. The van der Waals surface area contributed by atoms with Crippen LogP contribution in [0.2, 0.25) is 10.3 Å². The number of likely N-dealkylation sites (tertiary alicyclic amines) is 1. The zero-order chi connectivity index (χ0) is 45.9. The zero-order valence-corrected chi connectivity index (χ0v) is 36.2. The van der Waals surface area contributed by atoms with Crippen molar-refractivity contribution in [1.82, 2.24) is 39.7 Å². The highest BCUT2D eigenvalue weighted by Crippen LogP contribution is 2.43. The Bertz CT molecular complexity index is 2830. The van der Waals surface area contributed by atoms with Gasteiger partial charge in [-0.05, 0) is 86.8 Å². The highest BCUT2D eigenvalue weighted by molar-refractivity contribution is 6.29. The molecule has 66 heavy (non-hydrogen) atoms. The topological polar surface area (TPSA) is 275 Å². The number of fused-ring (bicyclic) bond motifs is 6. The van der Waals surface area contributed by atoms with Gasteiger partial charge in [-0.1, -0.05) is 79.2 Å². The first-order valence-electron chi connectivity index (χ1n) is 20.9. The summed E-state index contributed by atoms with van der Waals surface area (Å²) in [4.78, 5) is 81.9. The monoisotopic (exact) mass is 938 g/mol. The minimum Gasteiger partial charge on any atom is -0.480 e. The Morgan fingerprint density at radius 3 is 1.70 bits per heavy atom. The maximum absolute atomic E-state index is 13.4. The Labute approximate surface area is 388 Å². The molecule has 0 spiro atoms. The van der Waals surface area contributed by atoms with Gasteiger partial charge in [-0.25, -0.2) is 9.97 Å². The van der Waals surface area contributed by atoms with Gasteiger partial charge in [0.1, 0.15) is 41.1 Å². The minimum absolute atomic E-state index is 0. The number of carboxylic acid groups (broad SMARTS) is 1. The van der Waals surface area contributed by atoms with E-state index >= 15 is 0 Å². The third-order valence-electron chi connectivity index (χ3n) is 12.1. The van der Waals surface area contributed by atoms with Crippen molar-refractivity contribution in [2.75, 3.05) is 10.6 Å². The number of halogens is 2. The fourth-order valence-corrected chi connectivity index (χ4v) is 9.72. The van der Waals surface area contributed by atoms with E-state index in [1.807, 2.05) is 6.07 Å². The van der Waals surface area contributed by atoms with Gasteiger partial charge in [-0.2, -0.15) is 10.2 Å². The van der Waals surface area contributed by atoms with Crippen molar-refractivity contribution in [2.24, 2.45) is 23.3 Å². The Hall–Kier alpha value is -6.96. The van der Waals surface area contributed by atoms with Crippen LogP contribution in [-0.4, -0.2) is 99.2 Å². The number of primary amides is 2. The number of carbonyl (C=O) groups is 6. The molecule has 10 rings (SSSR count). The molecule has 19 nitrogen and oxygen atoms in total. The number of hydrogen-bond acceptors (Lipinski definition) is 11. The van der Waals surface area contributed by atoms with E-state index in [1.165, 1.54) is 15.8 Å². The van der Waals surface area contributed by atoms with Crippen LogP contribution >= 0.6 is 23.2 Å². The Morgan fingerprint density at radius 2 is 1.20 bits per heavy atom. The number of nitrogens with zero attached hydrogens (tertiary/aromatic N) is 7. The number of aliphatic carboxylic acids is 1. The van der Waals surface area contributed by atoms with Gasteiger partial charge in [-0.3, -0.25) is 38.1 Å². The van der Waals surface area contributed by atoms with Crippen molar-refractivity contribution in [3.05, 3.63) is 107 Å². The predicted molar refractivity (Wildman–Crippen MR) is 246 cm³/mol. The summed E-state index contributed by atoms with van der Waals surface area (Å²) in [5.74, 6) is -1.38. The highest BCUT2D eigenvalue weighted by Gasteiger charge is 2.51. The van der Waals surface area contributed by atoms with E-state index in [2.05, 4.69) is 36.1 Å². The quantitative estimate of drug-likeness (QED) is 0.100. The maximum atomic E-state index is 13.4. The number of aromatic nitrogens is 6. The largest absolute Gasteiger partial charge is 0.480 e. The van der Waals surface area contributed by atoms with E-state index in [9.17, 15) is 28.8 Å². The number of rotatable bonds is 10. The second kappa shape index (κ2) is 20.1. The molecule has 8 N–H and O–H groups in total. The molecule has 4 aliphatic rings. The zero-order valence-electron chi connectivity index (χ0n) is 34.6. The van der Waals surface area contributed by atoms with Crippen LogP contribution in [0.4, 0.5) is 11.6 Å². The van der Waals surface area contributed by atoms with Crippen molar-refractivity contribution >= 4 is 92.1 Å². The van der Waals surface area contributed by atoms with Gasteiger partial charge in [0.05, 0.1) is 17.1 Å². The first-order chi connectivity index (χ1) is 31.2. The van der Waals surface area contributed by atoms with Crippen LogP contribution in [0.5, 0.6) is 0 Å². The molecule has 6 aromatic rings. The number of hydrogen-bond donors (Lipinski definition) is 6. The fraction of sp³-hybridized carbons (Fsp3) is 0.333. The van der Waals surface area contributed by atoms with Crippen LogP contribution in [0.3, 0.4) is 0 Å². The van der Waals surface area contributed by atoms with E-state index in [0.29, 0.717) is 50.6 Å². The second-order valence-corrected chi connectivity index (χ2v) is 17.0. The number of para-hydroxylation sites is 2. The molecule has 6 heterocycles. The van der Waals surface area contributed by atoms with Crippen molar-refractivity contribution < 1.29 is 33.9 Å². The number of carbonyl (C=O) groups excluding carboxylic acids is 5. The molecule has 4 aromatic heterocycles. The molecule has 21 heteroatoms. The first kappa shape index (κ1) is 47.0. The molecule has 2 aliphatic carbocycles. The Balaban J connectivity index is 0.000000161. The number of pyridine rings is 2. The van der Waals surface area contributed by atoms with Crippen molar-refractivity contribution in [3.63, 3.8) is 0 Å². The van der Waals surface area contributed by atoms with E-state index in [4.69, 9.17) is 39.8 Å². The van der Waals surface area contributed by atoms with Gasteiger partial charge >= 0.3 is 5.97 Å². The number of benzene rings is 2. The SMILES string of the molecule is C.NC(=O)c1nn(CC(=O)N2[C@@H]3CC[C@@H](C3)[C@H]2C(=O)Nc2cccc(Cl)n2)c2ccccc12.NC(=O)c1nn(CC(=O)O)c2ccccc12.O=C(Nc1cccc(Cl)n1)[C@H]1N[C@@H]2CC[C@H]1C2. The summed E-state index contributed by atoms with van der Waals surface area (Å²) in [7, 11) is 0. The second-order valence-electron chi connectivity index (χ2n) is 16.2. The summed E-state index contributed by atoms with van der Waals surface area (Å²) in [6, 6.07) is 24.1. The molecular weight excluding hydrogens is 891 g/mol. The molecule has 0 unspecified atom stereocenters. The van der Waals surface area contributed by atoms with Gasteiger partial charge in [-0.15, -0.1) is 0 Å². The summed E-state index contributed by atoms with van der Waals surface area (Å²) < 4.78 is 2.73. The summed E-state index contributed by atoms with van der Waals surface area (Å²) in [5, 5.41) is 27.7. The van der Waals surface area contributed by atoms with Crippen LogP contribution in [0.15, 0.2) is 84.9 Å². The van der Waals surface area contributed by atoms with E-state index in [-0.39, 0.29) is 72.8 Å². The van der Waals surface area contributed by atoms with Crippen molar-refractivity contribution in [3.8, 4) is 0 Å². The predicted octanol–water partition coefficient (Wildman–Crippen LogP) is 4.87. The lowest BCUT2D eigenvalue weighted by Crippen LogP contribution is -2.52. The number of amides is 5. The molecular formula is C45H48Cl2N12O7. The highest BCUT2D eigenvalue weighted by atomic mass is 35.5. The summed E-state index contributed by atoms with van der Waals surface area (Å²) in [5.41, 5.74) is 12.1. The number of anilines is 2. The van der Waals surface area contributed by atoms with Gasteiger partial charge < -0.3 is 37.4 Å². The van der Waals surface area contributed by atoms with Gasteiger partial charge in [0.15, 0.2) is 11.4 Å². The molecule has 2 saturated heterocycles. The number of carboxylic acids is 1. The molecule has 4 fully saturated rings. The lowest BCUT2D eigenvalue weighted by molar-refractivity contribution is -0.141. The average Bonchev–Trinajstić information content (AvgIpc) is 4.15. The van der Waals surface area contributed by atoms with Crippen LogP contribution < -0.4 is 27.4 Å². The van der Waals surface area contributed by atoms with E-state index in [1.54, 1.807) is 83.8 Å². The normalized spacial score (nSPS) is 21.0. The molecule has 0 radical (unpaired) electrons. The van der Waals surface area contributed by atoms with Crippen LogP contribution in [-0.2, 0) is 32.3 Å². The summed E-state index contributed by atoms with van der Waals surface area (Å²) >= 11 is 11.7. The average molecular weight is 940 g/mol. The summed E-state index contributed by atoms with van der Waals surface area (Å²) in [6.45, 7) is -0.385. The number of nitrogens with one attached hydrogen (secondary N) is 3. The van der Waals surface area contributed by atoms with Gasteiger partial charge in [0.2, 0.25) is 17.7 Å². The molecule has 2 aromatic carbocycles. The Morgan fingerprint density at radius 1 is 0.667 bits per heavy atom. The van der Waals surface area contributed by atoms with Crippen LogP contribution in [0, 0.1) is 11.8 Å². The van der Waals surface area contributed by atoms with Crippen molar-refractivity contribution in [2.45, 2.75) is 83.2 Å². The third-order valence-corrected chi connectivity index (χ3v) is 12.5. The Kier molecular flexibility index (Phi) is 14.3. The van der Waals surface area contributed by atoms with Crippen LogP contribution in [0.25, 0.3) is 21.8 Å². The lowest BCUT2D eigenvalue weighted by Gasteiger charge is -2.34. The fourth-order valence-electron chi connectivity index (χ4n) is 9.39. The molecule has 344 valence electrons. The van der Waals surface area contributed by atoms with E-state index in [0.717, 1.165) is 32.1 Å². The van der Waals surface area contributed by atoms with Crippen LogP contribution in [0.1, 0.15) is 66.9 Å². The number of piperidine rings is 2. The standard InChI is InChI=1S/C22H21ClN6O3.C12H14ClN3O.C10H9N3O3.CH4/c23-16-6-3-7-17(25-16)26-22(32)20-12-8-9-13(10-12)29(20)18(30)11-28-15-5-2-1-4-14(15)19(27-28)21(24)31;13-9-2-1-3-10(15-9)16-12(17)11-7-4-5-8(6-7)14-11;11-10(16)9-6-3-1-2-4-7(6)13(12-9)5-8(14)15;/h1-7,12-13,20H,8-11H2,(H2,24,31)(H,25,26,32);1-3,7-8,11,14H,4-6H2,(H,15,16,17);1-4H,5H2,(H2,11,16)(H,14,15);1H4/t12-,13+,20-;7-,8+,11-;;/m00../s1. The molecule has 6 atom stereocenters. The number of nitrogens with two attached hydrogens (primary N) is 2. The lowest BCUT2D eigenvalue weighted by atomic mass is 9.97. The van der Waals surface area contributed by atoms with E-state index < -0.39 is 23.8 Å². The molecule has 5 amide bonds. The maximum Gasteiger partial charge on any atom is 0.325 e.